The van der Waals surface area contributed by atoms with Crippen LogP contribution in [0.15, 0.2) is 54.6 Å². The van der Waals surface area contributed by atoms with Crippen LogP contribution in [0.25, 0.3) is 16.6 Å². The number of ketones is 1. The number of carbonyl (C=O) groups is 1. The van der Waals surface area contributed by atoms with E-state index in [0.29, 0.717) is 5.78 Å². The minimum atomic E-state index is 0. The van der Waals surface area contributed by atoms with Crippen LogP contribution in [0.4, 0.5) is 0 Å². The second-order valence-electron chi connectivity index (χ2n) is 6.87. The van der Waals surface area contributed by atoms with Crippen molar-refractivity contribution >= 4 is 29.1 Å². The summed E-state index contributed by atoms with van der Waals surface area (Å²) >= 11 is 0. The highest BCUT2D eigenvalue weighted by atomic mass is 35.5. The topological polar surface area (TPSA) is 25.2 Å². The van der Waals surface area contributed by atoms with E-state index in [1.165, 1.54) is 5.69 Å². The molecule has 130 valence electrons. The van der Waals surface area contributed by atoms with E-state index < -0.39 is 0 Å². The Hall–Kier alpha value is -2.10. The summed E-state index contributed by atoms with van der Waals surface area (Å²) in [6.07, 6.45) is 1.87. The van der Waals surface area contributed by atoms with Crippen molar-refractivity contribution in [3.05, 3.63) is 65.9 Å². The fraction of sp³-hybridized carbons (Fsp3) is 0.286. The number of rotatable bonds is 3. The van der Waals surface area contributed by atoms with Gasteiger partial charge in [0.15, 0.2) is 5.78 Å². The molecule has 25 heavy (non-hydrogen) atoms. The Morgan fingerprint density at radius 2 is 1.72 bits per heavy atom. The van der Waals surface area contributed by atoms with Gasteiger partial charge in [-0.15, -0.1) is 12.4 Å². The predicted molar refractivity (Wildman–Crippen MR) is 105 cm³/mol. The van der Waals surface area contributed by atoms with Crippen molar-refractivity contribution in [2.24, 2.45) is 5.92 Å². The molecule has 1 aliphatic carbocycles. The first-order valence-electron chi connectivity index (χ1n) is 8.53. The maximum Gasteiger partial charge on any atom is 0.169 e. The van der Waals surface area contributed by atoms with Crippen molar-refractivity contribution in [2.45, 2.75) is 12.8 Å². The van der Waals surface area contributed by atoms with Gasteiger partial charge in [-0.1, -0.05) is 36.4 Å². The maximum absolute atomic E-state index is 13.2. The zero-order valence-electron chi connectivity index (χ0n) is 14.6. The number of hydrogen-bond acceptors (Lipinski definition) is 2. The summed E-state index contributed by atoms with van der Waals surface area (Å²) in [5.41, 5.74) is 4.37. The van der Waals surface area contributed by atoms with Crippen molar-refractivity contribution in [1.82, 2.24) is 9.47 Å². The Labute approximate surface area is 154 Å². The van der Waals surface area contributed by atoms with Crippen LogP contribution < -0.4 is 0 Å². The molecule has 4 heteroatoms. The molecular formula is C21H23ClN2O. The number of para-hydroxylation sites is 2. The molecule has 0 saturated carbocycles. The van der Waals surface area contributed by atoms with Gasteiger partial charge in [0, 0.05) is 34.8 Å². The van der Waals surface area contributed by atoms with Gasteiger partial charge in [-0.25, -0.2) is 0 Å². The normalized spacial score (nSPS) is 16.8. The number of aromatic nitrogens is 1. The van der Waals surface area contributed by atoms with Gasteiger partial charge in [0.2, 0.25) is 0 Å². The van der Waals surface area contributed by atoms with Gasteiger partial charge in [-0.2, -0.15) is 0 Å². The molecule has 0 spiro atoms. The Bertz CT molecular complexity index is 899. The minimum absolute atomic E-state index is 0. The quantitative estimate of drug-likeness (QED) is 0.698. The van der Waals surface area contributed by atoms with Crippen LogP contribution in [0, 0.1) is 5.92 Å². The van der Waals surface area contributed by atoms with E-state index in [1.807, 2.05) is 26.2 Å². The van der Waals surface area contributed by atoms with E-state index >= 15 is 0 Å². The average molecular weight is 355 g/mol. The third kappa shape index (κ3) is 2.99. The molecule has 2 aromatic carbocycles. The second-order valence-corrected chi connectivity index (χ2v) is 6.87. The fourth-order valence-electron chi connectivity index (χ4n) is 3.94. The van der Waals surface area contributed by atoms with E-state index in [4.69, 9.17) is 0 Å². The SMILES string of the molecule is CN(C)CC1CCc2c(c3ccccc3n2-c2ccccc2)C1=O.Cl. The standard InChI is InChI=1S/C21H22N2O.ClH/c1-22(2)14-15-12-13-19-20(21(15)24)17-10-6-7-11-18(17)23(19)16-8-4-3-5-9-16;/h3-11,15H,12-14H2,1-2H3;1H. The van der Waals surface area contributed by atoms with Crippen molar-refractivity contribution in [3.63, 3.8) is 0 Å². The number of nitrogens with zero attached hydrogens (tertiary/aromatic N) is 2. The van der Waals surface area contributed by atoms with Crippen LogP contribution >= 0.6 is 12.4 Å². The third-order valence-corrected chi connectivity index (χ3v) is 4.92. The van der Waals surface area contributed by atoms with Gasteiger partial charge in [0.1, 0.15) is 0 Å². The second kappa shape index (κ2) is 7.03. The molecule has 1 aliphatic rings. The molecule has 1 unspecified atom stereocenters. The summed E-state index contributed by atoms with van der Waals surface area (Å²) in [6.45, 7) is 0.823. The molecule has 1 aromatic heterocycles. The highest BCUT2D eigenvalue weighted by molar-refractivity contribution is 6.11. The van der Waals surface area contributed by atoms with Gasteiger partial charge in [-0.05, 0) is 45.1 Å². The number of Topliss-reactive ketones (excluding diaryl/α,β-unsaturated/α-hetero) is 1. The first-order chi connectivity index (χ1) is 11.7. The van der Waals surface area contributed by atoms with Gasteiger partial charge in [-0.3, -0.25) is 4.79 Å². The molecular weight excluding hydrogens is 332 g/mol. The number of hydrogen-bond donors (Lipinski definition) is 0. The average Bonchev–Trinajstić information content (AvgIpc) is 2.93. The lowest BCUT2D eigenvalue weighted by Crippen LogP contribution is -2.32. The lowest BCUT2D eigenvalue weighted by Gasteiger charge is -2.25. The molecule has 0 bridgehead atoms. The van der Waals surface area contributed by atoms with Crippen LogP contribution in [0.1, 0.15) is 22.5 Å². The zero-order chi connectivity index (χ0) is 16.7. The van der Waals surface area contributed by atoms with Crippen LogP contribution in [0.5, 0.6) is 0 Å². The summed E-state index contributed by atoms with van der Waals surface area (Å²) < 4.78 is 2.27. The molecule has 1 atom stereocenters. The molecule has 0 aliphatic heterocycles. The molecule has 0 saturated heterocycles. The molecule has 0 fully saturated rings. The lowest BCUT2D eigenvalue weighted by atomic mass is 9.84. The number of halogens is 1. The number of carbonyl (C=O) groups excluding carboxylic acids is 1. The van der Waals surface area contributed by atoms with Crippen LogP contribution in [-0.2, 0) is 6.42 Å². The summed E-state index contributed by atoms with van der Waals surface area (Å²) in [4.78, 5) is 15.3. The predicted octanol–water partition coefficient (Wildman–Crippen LogP) is 4.36. The van der Waals surface area contributed by atoms with Gasteiger partial charge >= 0.3 is 0 Å². The Morgan fingerprint density at radius 1 is 1.04 bits per heavy atom. The van der Waals surface area contributed by atoms with E-state index in [1.54, 1.807) is 0 Å². The van der Waals surface area contributed by atoms with E-state index in [-0.39, 0.29) is 18.3 Å². The smallest absolute Gasteiger partial charge is 0.169 e. The molecule has 0 N–H and O–H groups in total. The largest absolute Gasteiger partial charge is 0.313 e. The number of benzene rings is 2. The maximum atomic E-state index is 13.2. The molecule has 0 amide bonds. The van der Waals surface area contributed by atoms with Crippen LogP contribution in [0.2, 0.25) is 0 Å². The van der Waals surface area contributed by atoms with E-state index in [2.05, 4.69) is 51.9 Å². The summed E-state index contributed by atoms with van der Waals surface area (Å²) in [5.74, 6) is 0.401. The van der Waals surface area contributed by atoms with E-state index in [9.17, 15) is 4.79 Å². The fourth-order valence-corrected chi connectivity index (χ4v) is 3.94. The van der Waals surface area contributed by atoms with Crippen LogP contribution in [-0.4, -0.2) is 35.9 Å². The van der Waals surface area contributed by atoms with Crippen molar-refractivity contribution in [2.75, 3.05) is 20.6 Å². The van der Waals surface area contributed by atoms with Gasteiger partial charge in [0.25, 0.3) is 0 Å². The number of fused-ring (bicyclic) bond motifs is 3. The Balaban J connectivity index is 0.00000182. The molecule has 3 aromatic rings. The highest BCUT2D eigenvalue weighted by Crippen LogP contribution is 2.36. The monoisotopic (exact) mass is 354 g/mol. The van der Waals surface area contributed by atoms with E-state index in [0.717, 1.165) is 41.5 Å². The minimum Gasteiger partial charge on any atom is -0.313 e. The summed E-state index contributed by atoms with van der Waals surface area (Å²) in [5, 5.41) is 1.09. The molecule has 1 heterocycles. The lowest BCUT2D eigenvalue weighted by molar-refractivity contribution is 0.0878. The summed E-state index contributed by atoms with van der Waals surface area (Å²) in [7, 11) is 4.08. The highest BCUT2D eigenvalue weighted by Gasteiger charge is 2.33. The summed E-state index contributed by atoms with van der Waals surface area (Å²) in [6, 6.07) is 18.6. The van der Waals surface area contributed by atoms with Crippen molar-refractivity contribution in [3.8, 4) is 5.69 Å². The zero-order valence-corrected chi connectivity index (χ0v) is 15.4. The van der Waals surface area contributed by atoms with Crippen molar-refractivity contribution < 1.29 is 4.79 Å². The van der Waals surface area contributed by atoms with Crippen LogP contribution in [0.3, 0.4) is 0 Å². The Kier molecular flexibility index (Phi) is 4.98. The third-order valence-electron chi connectivity index (χ3n) is 4.92. The Morgan fingerprint density at radius 3 is 2.44 bits per heavy atom. The van der Waals surface area contributed by atoms with Gasteiger partial charge in [0.05, 0.1) is 5.52 Å². The van der Waals surface area contributed by atoms with Crippen molar-refractivity contribution in [1.29, 1.82) is 0 Å². The molecule has 0 radical (unpaired) electrons. The first kappa shape index (κ1) is 17.7. The molecule has 4 rings (SSSR count). The first-order valence-corrected chi connectivity index (χ1v) is 8.53. The molecule has 3 nitrogen and oxygen atoms in total. The van der Waals surface area contributed by atoms with Gasteiger partial charge < -0.3 is 9.47 Å².